The van der Waals surface area contributed by atoms with Crippen molar-refractivity contribution < 1.29 is 0 Å². The lowest BCUT2D eigenvalue weighted by atomic mass is 10.2. The van der Waals surface area contributed by atoms with Crippen molar-refractivity contribution in [2.75, 3.05) is 11.9 Å². The molecule has 0 unspecified atom stereocenters. The maximum Gasteiger partial charge on any atom is 0.117 e. The summed E-state index contributed by atoms with van der Waals surface area (Å²) in [7, 11) is 0. The minimum atomic E-state index is 0.951. The Labute approximate surface area is 75.4 Å². The molecule has 2 nitrogen and oxygen atoms in total. The van der Waals surface area contributed by atoms with Crippen molar-refractivity contribution in [3.8, 4) is 0 Å². The molecule has 0 saturated heterocycles. The predicted octanol–water partition coefficient (Wildman–Crippen LogP) is 2.73. The molecule has 1 heterocycles. The molecule has 0 saturated carbocycles. The fourth-order valence-corrected chi connectivity index (χ4v) is 2.01. The molecular formula is C9H10N2S. The van der Waals surface area contributed by atoms with Gasteiger partial charge in [-0.2, -0.15) is 4.37 Å². The van der Waals surface area contributed by atoms with Gasteiger partial charge in [0.05, 0.1) is 5.52 Å². The van der Waals surface area contributed by atoms with Crippen LogP contribution in [0.15, 0.2) is 24.3 Å². The number of nitrogens with one attached hydrogen (secondary N) is 1. The Morgan fingerprint density at radius 3 is 3.08 bits per heavy atom. The molecule has 2 aromatic rings. The van der Waals surface area contributed by atoms with Crippen molar-refractivity contribution in [1.29, 1.82) is 0 Å². The van der Waals surface area contributed by atoms with E-state index in [1.54, 1.807) is 0 Å². The molecule has 0 atom stereocenters. The summed E-state index contributed by atoms with van der Waals surface area (Å²) in [4.78, 5) is 0. The summed E-state index contributed by atoms with van der Waals surface area (Å²) >= 11 is 1.53. The smallest absolute Gasteiger partial charge is 0.117 e. The molecule has 2 rings (SSSR count). The zero-order valence-electron chi connectivity index (χ0n) is 6.87. The first kappa shape index (κ1) is 7.55. The molecule has 0 fully saturated rings. The predicted molar refractivity (Wildman–Crippen MR) is 53.8 cm³/mol. The van der Waals surface area contributed by atoms with Crippen LogP contribution in [0.4, 0.5) is 5.00 Å². The van der Waals surface area contributed by atoms with Crippen molar-refractivity contribution in [3.63, 3.8) is 0 Å². The van der Waals surface area contributed by atoms with Gasteiger partial charge in [-0.05, 0) is 30.6 Å². The van der Waals surface area contributed by atoms with Gasteiger partial charge in [-0.25, -0.2) is 0 Å². The number of anilines is 1. The summed E-state index contributed by atoms with van der Waals surface area (Å²) < 4.78 is 4.32. The third kappa shape index (κ3) is 1.16. The molecule has 0 aliphatic carbocycles. The molecule has 1 aromatic heterocycles. The van der Waals surface area contributed by atoms with Gasteiger partial charge < -0.3 is 5.32 Å². The minimum Gasteiger partial charge on any atom is -0.375 e. The van der Waals surface area contributed by atoms with Crippen molar-refractivity contribution in [3.05, 3.63) is 24.3 Å². The highest BCUT2D eigenvalue weighted by molar-refractivity contribution is 7.11. The summed E-state index contributed by atoms with van der Waals surface area (Å²) in [6.45, 7) is 3.04. The first-order chi connectivity index (χ1) is 5.92. The monoisotopic (exact) mass is 178 g/mol. The average molecular weight is 178 g/mol. The van der Waals surface area contributed by atoms with E-state index < -0.39 is 0 Å². The molecule has 0 amide bonds. The van der Waals surface area contributed by atoms with Crippen molar-refractivity contribution in [2.45, 2.75) is 6.92 Å². The zero-order chi connectivity index (χ0) is 8.39. The van der Waals surface area contributed by atoms with E-state index in [9.17, 15) is 0 Å². The number of benzene rings is 1. The van der Waals surface area contributed by atoms with Gasteiger partial charge in [0.25, 0.3) is 0 Å². The van der Waals surface area contributed by atoms with E-state index >= 15 is 0 Å². The molecule has 62 valence electrons. The highest BCUT2D eigenvalue weighted by Crippen LogP contribution is 2.26. The van der Waals surface area contributed by atoms with Gasteiger partial charge in [0, 0.05) is 11.9 Å². The molecule has 12 heavy (non-hydrogen) atoms. The van der Waals surface area contributed by atoms with E-state index in [0.717, 1.165) is 12.1 Å². The average Bonchev–Trinajstić information content (AvgIpc) is 2.50. The van der Waals surface area contributed by atoms with Crippen LogP contribution in [0.2, 0.25) is 0 Å². The minimum absolute atomic E-state index is 0.951. The number of hydrogen-bond acceptors (Lipinski definition) is 3. The van der Waals surface area contributed by atoms with Crippen molar-refractivity contribution in [1.82, 2.24) is 4.37 Å². The van der Waals surface area contributed by atoms with Crippen molar-refractivity contribution in [2.24, 2.45) is 0 Å². The molecule has 3 heteroatoms. The topological polar surface area (TPSA) is 24.9 Å². The highest BCUT2D eigenvalue weighted by atomic mass is 32.1. The van der Waals surface area contributed by atoms with Gasteiger partial charge in [-0.3, -0.25) is 0 Å². The second-order valence-corrected chi connectivity index (χ2v) is 3.33. The molecule has 0 bridgehead atoms. The standard InChI is InChI=1S/C9H10N2S/c1-2-10-9-7-5-3-4-6-8(7)11-12-9/h3-6,10H,2H2,1H3. The number of nitrogens with zero attached hydrogens (tertiary/aromatic N) is 1. The van der Waals surface area contributed by atoms with E-state index in [0.29, 0.717) is 0 Å². The molecule has 0 aliphatic heterocycles. The van der Waals surface area contributed by atoms with Crippen LogP contribution in [-0.2, 0) is 0 Å². The Kier molecular flexibility index (Phi) is 1.96. The Morgan fingerprint density at radius 2 is 2.25 bits per heavy atom. The molecule has 0 aliphatic rings. The quantitative estimate of drug-likeness (QED) is 0.764. The fourth-order valence-electron chi connectivity index (χ4n) is 1.18. The lowest BCUT2D eigenvalue weighted by Crippen LogP contribution is -1.93. The molecular weight excluding hydrogens is 168 g/mol. The third-order valence-corrected chi connectivity index (χ3v) is 2.56. The maximum absolute atomic E-state index is 4.32. The lowest BCUT2D eigenvalue weighted by molar-refractivity contribution is 1.23. The van der Waals surface area contributed by atoms with Gasteiger partial charge in [-0.1, -0.05) is 12.1 Å². The second-order valence-electron chi connectivity index (χ2n) is 2.56. The van der Waals surface area contributed by atoms with Gasteiger partial charge in [0.1, 0.15) is 5.00 Å². The van der Waals surface area contributed by atoms with Crippen LogP contribution in [-0.4, -0.2) is 10.9 Å². The summed E-state index contributed by atoms with van der Waals surface area (Å²) in [5.74, 6) is 0. The highest BCUT2D eigenvalue weighted by Gasteiger charge is 2.01. The Balaban J connectivity index is 2.55. The first-order valence-electron chi connectivity index (χ1n) is 4.00. The summed E-state index contributed by atoms with van der Waals surface area (Å²) in [5, 5.41) is 5.69. The SMILES string of the molecule is CCNc1snc2ccccc12. The summed E-state index contributed by atoms with van der Waals surface area (Å²) in [5.41, 5.74) is 1.08. The summed E-state index contributed by atoms with van der Waals surface area (Å²) in [6.07, 6.45) is 0. The van der Waals surface area contributed by atoms with Crippen LogP contribution in [0.5, 0.6) is 0 Å². The number of aromatic nitrogens is 1. The Bertz CT molecular complexity index is 381. The van der Waals surface area contributed by atoms with Crippen LogP contribution in [0.3, 0.4) is 0 Å². The van der Waals surface area contributed by atoms with Gasteiger partial charge >= 0.3 is 0 Å². The normalized spacial score (nSPS) is 10.4. The zero-order valence-corrected chi connectivity index (χ0v) is 7.69. The van der Waals surface area contributed by atoms with Crippen LogP contribution >= 0.6 is 11.5 Å². The van der Waals surface area contributed by atoms with E-state index in [2.05, 4.69) is 22.7 Å². The lowest BCUT2D eigenvalue weighted by Gasteiger charge is -1.96. The van der Waals surface area contributed by atoms with E-state index in [4.69, 9.17) is 0 Å². The molecule has 0 spiro atoms. The van der Waals surface area contributed by atoms with Crippen LogP contribution in [0, 0.1) is 0 Å². The number of fused-ring (bicyclic) bond motifs is 1. The van der Waals surface area contributed by atoms with Gasteiger partial charge in [0.15, 0.2) is 0 Å². The van der Waals surface area contributed by atoms with E-state index in [-0.39, 0.29) is 0 Å². The van der Waals surface area contributed by atoms with E-state index in [1.807, 2.05) is 18.2 Å². The second kappa shape index (κ2) is 3.11. The van der Waals surface area contributed by atoms with Gasteiger partial charge in [-0.15, -0.1) is 0 Å². The van der Waals surface area contributed by atoms with Crippen LogP contribution < -0.4 is 5.32 Å². The van der Waals surface area contributed by atoms with Crippen molar-refractivity contribution >= 4 is 27.4 Å². The largest absolute Gasteiger partial charge is 0.375 e. The molecule has 1 aromatic carbocycles. The Hall–Kier alpha value is -1.09. The summed E-state index contributed by atoms with van der Waals surface area (Å²) in [6, 6.07) is 8.18. The van der Waals surface area contributed by atoms with Gasteiger partial charge in [0.2, 0.25) is 0 Å². The van der Waals surface area contributed by atoms with Crippen LogP contribution in [0.25, 0.3) is 10.9 Å². The van der Waals surface area contributed by atoms with E-state index in [1.165, 1.54) is 21.9 Å². The number of hydrogen-bond donors (Lipinski definition) is 1. The molecule has 1 N–H and O–H groups in total. The third-order valence-electron chi connectivity index (χ3n) is 1.72. The molecule has 0 radical (unpaired) electrons. The first-order valence-corrected chi connectivity index (χ1v) is 4.77. The Morgan fingerprint density at radius 1 is 1.42 bits per heavy atom. The fraction of sp³-hybridized carbons (Fsp3) is 0.222. The maximum atomic E-state index is 4.32. The number of rotatable bonds is 2. The van der Waals surface area contributed by atoms with Crippen LogP contribution in [0.1, 0.15) is 6.92 Å².